The van der Waals surface area contributed by atoms with Crippen molar-refractivity contribution in [1.29, 1.82) is 0 Å². The average molecular weight is 253 g/mol. The molecule has 0 radical (unpaired) electrons. The highest BCUT2D eigenvalue weighted by Crippen LogP contribution is 2.19. The van der Waals surface area contributed by atoms with Crippen LogP contribution >= 0.6 is 11.3 Å². The average Bonchev–Trinajstić information content (AvgIpc) is 2.67. The second-order valence-electron chi connectivity index (χ2n) is 5.40. The van der Waals surface area contributed by atoms with Crippen molar-refractivity contribution >= 4 is 11.3 Å². The zero-order valence-corrected chi connectivity index (χ0v) is 12.0. The van der Waals surface area contributed by atoms with Gasteiger partial charge in [-0.2, -0.15) is 0 Å². The monoisotopic (exact) mass is 253 g/mol. The van der Waals surface area contributed by atoms with Gasteiger partial charge in [-0.1, -0.05) is 13.8 Å². The summed E-state index contributed by atoms with van der Waals surface area (Å²) in [5, 5.41) is 3.64. The maximum absolute atomic E-state index is 4.34. The molecule has 4 heteroatoms. The molecular weight excluding hydrogens is 230 g/mol. The molecule has 17 heavy (non-hydrogen) atoms. The highest BCUT2D eigenvalue weighted by atomic mass is 32.1. The third-order valence-electron chi connectivity index (χ3n) is 3.73. The first-order chi connectivity index (χ1) is 8.08. The summed E-state index contributed by atoms with van der Waals surface area (Å²) >= 11 is 1.78. The van der Waals surface area contributed by atoms with E-state index in [-0.39, 0.29) is 0 Å². The Morgan fingerprint density at radius 3 is 2.94 bits per heavy atom. The Kier molecular flexibility index (Phi) is 4.17. The maximum Gasteiger partial charge on any atom is 0.0798 e. The molecule has 1 aromatic rings. The smallest absolute Gasteiger partial charge is 0.0798 e. The van der Waals surface area contributed by atoms with E-state index in [1.54, 1.807) is 11.3 Å². The lowest BCUT2D eigenvalue weighted by atomic mass is 10.00. The van der Waals surface area contributed by atoms with Crippen LogP contribution in [0.15, 0.2) is 5.51 Å². The highest BCUT2D eigenvalue weighted by molar-refractivity contribution is 7.09. The summed E-state index contributed by atoms with van der Waals surface area (Å²) in [6.07, 6.45) is 0. The zero-order chi connectivity index (χ0) is 12.4. The number of aromatic nitrogens is 1. The Labute approximate surface area is 108 Å². The minimum Gasteiger partial charge on any atom is -0.311 e. The van der Waals surface area contributed by atoms with Crippen LogP contribution in [0.1, 0.15) is 31.3 Å². The molecule has 1 saturated heterocycles. The number of nitrogens with zero attached hydrogens (tertiary/aromatic N) is 2. The van der Waals surface area contributed by atoms with Crippen LogP contribution < -0.4 is 5.32 Å². The summed E-state index contributed by atoms with van der Waals surface area (Å²) in [7, 11) is 0. The van der Waals surface area contributed by atoms with Crippen LogP contribution in [0.2, 0.25) is 0 Å². The molecule has 2 heterocycles. The van der Waals surface area contributed by atoms with Gasteiger partial charge in [-0.25, -0.2) is 4.98 Å². The molecular formula is C13H23N3S. The summed E-state index contributed by atoms with van der Waals surface area (Å²) in [4.78, 5) is 8.34. The molecule has 1 aliphatic heterocycles. The number of hydrogen-bond donors (Lipinski definition) is 1. The first-order valence-corrected chi connectivity index (χ1v) is 7.32. The molecule has 2 atom stereocenters. The SMILES string of the molecule is Cc1ncsc1CN1CC(C(C)C)NCC1C. The molecule has 2 unspecified atom stereocenters. The van der Waals surface area contributed by atoms with Crippen LogP contribution in [0.5, 0.6) is 0 Å². The van der Waals surface area contributed by atoms with E-state index >= 15 is 0 Å². The number of hydrogen-bond acceptors (Lipinski definition) is 4. The van der Waals surface area contributed by atoms with Crippen LogP contribution in [0.4, 0.5) is 0 Å². The van der Waals surface area contributed by atoms with Crippen molar-refractivity contribution in [2.24, 2.45) is 5.92 Å². The molecule has 1 aromatic heterocycles. The number of nitrogens with one attached hydrogen (secondary N) is 1. The molecule has 0 amide bonds. The summed E-state index contributed by atoms with van der Waals surface area (Å²) < 4.78 is 0. The minimum atomic E-state index is 0.617. The molecule has 0 spiro atoms. The first kappa shape index (κ1) is 13.0. The molecule has 0 bridgehead atoms. The van der Waals surface area contributed by atoms with Gasteiger partial charge < -0.3 is 5.32 Å². The second-order valence-corrected chi connectivity index (χ2v) is 6.34. The Bertz CT molecular complexity index is 361. The molecule has 1 fully saturated rings. The highest BCUT2D eigenvalue weighted by Gasteiger charge is 2.27. The van der Waals surface area contributed by atoms with E-state index in [9.17, 15) is 0 Å². The van der Waals surface area contributed by atoms with Crippen LogP contribution in [-0.4, -0.2) is 35.1 Å². The molecule has 1 aliphatic rings. The zero-order valence-electron chi connectivity index (χ0n) is 11.2. The van der Waals surface area contributed by atoms with Gasteiger partial charge in [0.25, 0.3) is 0 Å². The summed E-state index contributed by atoms with van der Waals surface area (Å²) in [6, 6.07) is 1.24. The Balaban J connectivity index is 2.01. The molecule has 1 N–H and O–H groups in total. The summed E-state index contributed by atoms with van der Waals surface area (Å²) in [6.45, 7) is 12.3. The molecule has 96 valence electrons. The van der Waals surface area contributed by atoms with E-state index in [0.717, 1.165) is 19.6 Å². The fourth-order valence-corrected chi connectivity index (χ4v) is 3.08. The van der Waals surface area contributed by atoms with Crippen molar-refractivity contribution < 1.29 is 0 Å². The lowest BCUT2D eigenvalue weighted by Gasteiger charge is -2.40. The van der Waals surface area contributed by atoms with E-state index in [2.05, 4.69) is 42.9 Å². The molecule has 0 aromatic carbocycles. The standard InChI is InChI=1S/C13H23N3S/c1-9(2)12-6-16(10(3)5-14-12)7-13-11(4)15-8-17-13/h8-10,12,14H,5-7H2,1-4H3. The van der Waals surface area contributed by atoms with Crippen molar-refractivity contribution in [3.63, 3.8) is 0 Å². The van der Waals surface area contributed by atoms with Crippen molar-refractivity contribution in [2.75, 3.05) is 13.1 Å². The topological polar surface area (TPSA) is 28.2 Å². The van der Waals surface area contributed by atoms with E-state index < -0.39 is 0 Å². The quantitative estimate of drug-likeness (QED) is 0.895. The van der Waals surface area contributed by atoms with Gasteiger partial charge in [-0.3, -0.25) is 4.90 Å². The Morgan fingerprint density at radius 1 is 1.59 bits per heavy atom. The van der Waals surface area contributed by atoms with Crippen LogP contribution in [0, 0.1) is 12.8 Å². The normalized spacial score (nSPS) is 26.6. The van der Waals surface area contributed by atoms with Crippen molar-refractivity contribution in [1.82, 2.24) is 15.2 Å². The van der Waals surface area contributed by atoms with Crippen molar-refractivity contribution in [3.05, 3.63) is 16.1 Å². The van der Waals surface area contributed by atoms with Crippen LogP contribution in [0.3, 0.4) is 0 Å². The summed E-state index contributed by atoms with van der Waals surface area (Å²) in [5.41, 5.74) is 3.15. The Hall–Kier alpha value is -0.450. The Morgan fingerprint density at radius 2 is 2.35 bits per heavy atom. The van der Waals surface area contributed by atoms with E-state index in [4.69, 9.17) is 0 Å². The predicted molar refractivity (Wildman–Crippen MR) is 73.4 cm³/mol. The molecule has 0 aliphatic carbocycles. The van der Waals surface area contributed by atoms with E-state index in [1.165, 1.54) is 10.6 Å². The predicted octanol–water partition coefficient (Wildman–Crippen LogP) is 2.27. The lowest BCUT2D eigenvalue weighted by molar-refractivity contribution is 0.117. The number of rotatable bonds is 3. The summed E-state index contributed by atoms with van der Waals surface area (Å²) in [5.74, 6) is 0.701. The second kappa shape index (κ2) is 5.46. The third-order valence-corrected chi connectivity index (χ3v) is 4.65. The van der Waals surface area contributed by atoms with Gasteiger partial charge in [-0.05, 0) is 19.8 Å². The lowest BCUT2D eigenvalue weighted by Crippen LogP contribution is -2.56. The van der Waals surface area contributed by atoms with Crippen molar-refractivity contribution in [3.8, 4) is 0 Å². The van der Waals surface area contributed by atoms with E-state index in [1.807, 2.05) is 5.51 Å². The van der Waals surface area contributed by atoms with Gasteiger partial charge in [0.05, 0.1) is 11.2 Å². The van der Waals surface area contributed by atoms with Gasteiger partial charge in [0.15, 0.2) is 0 Å². The fourth-order valence-electron chi connectivity index (χ4n) is 2.28. The number of aryl methyl sites for hydroxylation is 1. The molecule has 0 saturated carbocycles. The molecule has 3 nitrogen and oxygen atoms in total. The van der Waals surface area contributed by atoms with Gasteiger partial charge in [0.2, 0.25) is 0 Å². The number of piperazine rings is 1. The minimum absolute atomic E-state index is 0.617. The first-order valence-electron chi connectivity index (χ1n) is 6.44. The third kappa shape index (κ3) is 3.06. The van der Waals surface area contributed by atoms with Gasteiger partial charge in [0, 0.05) is 36.6 Å². The maximum atomic E-state index is 4.34. The van der Waals surface area contributed by atoms with Gasteiger partial charge in [-0.15, -0.1) is 11.3 Å². The van der Waals surface area contributed by atoms with Gasteiger partial charge in [0.1, 0.15) is 0 Å². The number of thiazole rings is 1. The van der Waals surface area contributed by atoms with Crippen LogP contribution in [-0.2, 0) is 6.54 Å². The van der Waals surface area contributed by atoms with Crippen LogP contribution in [0.25, 0.3) is 0 Å². The molecule has 2 rings (SSSR count). The van der Waals surface area contributed by atoms with Crippen molar-refractivity contribution in [2.45, 2.75) is 46.3 Å². The van der Waals surface area contributed by atoms with E-state index in [0.29, 0.717) is 18.0 Å². The van der Waals surface area contributed by atoms with Gasteiger partial charge >= 0.3 is 0 Å². The fraction of sp³-hybridized carbons (Fsp3) is 0.769. The largest absolute Gasteiger partial charge is 0.311 e.